The highest BCUT2D eigenvalue weighted by atomic mass is 35.5. The van der Waals surface area contributed by atoms with Crippen LogP contribution in [0, 0.1) is 18.3 Å². The molecule has 1 aromatic rings. The standard InChI is InChI=1S/C13H17ClN2O/c1-4-10(5-6-15)16-12-7-9(2)11(14)8-13(12)17-3/h7-8,10,16H,4-5H2,1-3H3. The zero-order valence-electron chi connectivity index (χ0n) is 10.4. The number of hydrogen-bond donors (Lipinski definition) is 1. The van der Waals surface area contributed by atoms with Crippen LogP contribution in [0.25, 0.3) is 0 Å². The molecule has 0 amide bonds. The van der Waals surface area contributed by atoms with Gasteiger partial charge in [0.15, 0.2) is 0 Å². The summed E-state index contributed by atoms with van der Waals surface area (Å²) in [4.78, 5) is 0. The first-order valence-corrected chi connectivity index (χ1v) is 5.97. The number of benzene rings is 1. The molecule has 1 aromatic carbocycles. The predicted octanol–water partition coefficient (Wildman–Crippen LogP) is 3.76. The molecule has 0 aliphatic heterocycles. The third kappa shape index (κ3) is 3.54. The Kier molecular flexibility index (Phi) is 5.11. The summed E-state index contributed by atoms with van der Waals surface area (Å²) in [5.41, 5.74) is 1.87. The lowest BCUT2D eigenvalue weighted by atomic mass is 10.1. The van der Waals surface area contributed by atoms with Gasteiger partial charge in [0.05, 0.1) is 25.3 Å². The highest BCUT2D eigenvalue weighted by Gasteiger charge is 2.11. The van der Waals surface area contributed by atoms with Crippen LogP contribution in [0.3, 0.4) is 0 Å². The summed E-state index contributed by atoms with van der Waals surface area (Å²) in [7, 11) is 1.61. The lowest BCUT2D eigenvalue weighted by molar-refractivity contribution is 0.415. The Balaban J connectivity index is 2.96. The van der Waals surface area contributed by atoms with E-state index in [1.807, 2.05) is 19.9 Å². The monoisotopic (exact) mass is 252 g/mol. The largest absolute Gasteiger partial charge is 0.495 e. The van der Waals surface area contributed by atoms with Crippen molar-refractivity contribution in [2.75, 3.05) is 12.4 Å². The van der Waals surface area contributed by atoms with Crippen molar-refractivity contribution in [2.24, 2.45) is 0 Å². The molecule has 0 saturated heterocycles. The van der Waals surface area contributed by atoms with E-state index in [1.165, 1.54) is 0 Å². The minimum absolute atomic E-state index is 0.134. The average molecular weight is 253 g/mol. The molecule has 0 heterocycles. The second-order valence-electron chi connectivity index (χ2n) is 3.91. The van der Waals surface area contributed by atoms with E-state index in [9.17, 15) is 0 Å². The fourth-order valence-electron chi connectivity index (χ4n) is 1.57. The summed E-state index contributed by atoms with van der Waals surface area (Å²) in [5, 5.41) is 12.7. The third-order valence-corrected chi connectivity index (χ3v) is 3.08. The van der Waals surface area contributed by atoms with Crippen LogP contribution in [0.2, 0.25) is 5.02 Å². The maximum absolute atomic E-state index is 8.73. The normalized spacial score (nSPS) is 11.7. The van der Waals surface area contributed by atoms with E-state index in [0.29, 0.717) is 17.2 Å². The summed E-state index contributed by atoms with van der Waals surface area (Å²) in [6, 6.07) is 6.04. The van der Waals surface area contributed by atoms with Gasteiger partial charge in [0.2, 0.25) is 0 Å². The van der Waals surface area contributed by atoms with Crippen LogP contribution in [0.1, 0.15) is 25.3 Å². The summed E-state index contributed by atoms with van der Waals surface area (Å²) < 4.78 is 5.27. The maximum Gasteiger partial charge on any atom is 0.143 e. The van der Waals surface area contributed by atoms with Gasteiger partial charge in [-0.15, -0.1) is 0 Å². The number of hydrogen-bond acceptors (Lipinski definition) is 3. The van der Waals surface area contributed by atoms with Crippen molar-refractivity contribution in [2.45, 2.75) is 32.7 Å². The van der Waals surface area contributed by atoms with Gasteiger partial charge >= 0.3 is 0 Å². The number of nitriles is 1. The number of ether oxygens (including phenoxy) is 1. The molecule has 0 aromatic heterocycles. The van der Waals surface area contributed by atoms with E-state index in [0.717, 1.165) is 17.7 Å². The molecule has 3 nitrogen and oxygen atoms in total. The molecule has 17 heavy (non-hydrogen) atoms. The van der Waals surface area contributed by atoms with Crippen molar-refractivity contribution in [3.63, 3.8) is 0 Å². The topological polar surface area (TPSA) is 45.0 Å². The number of nitrogens with zero attached hydrogens (tertiary/aromatic N) is 1. The SMILES string of the molecule is CCC(CC#N)Nc1cc(C)c(Cl)cc1OC. The Morgan fingerprint density at radius 2 is 2.24 bits per heavy atom. The van der Waals surface area contributed by atoms with Crippen LogP contribution in [0.15, 0.2) is 12.1 Å². The fourth-order valence-corrected chi connectivity index (χ4v) is 1.73. The van der Waals surface area contributed by atoms with Crippen molar-refractivity contribution >= 4 is 17.3 Å². The van der Waals surface area contributed by atoms with Gasteiger partial charge in [0.1, 0.15) is 5.75 Å². The highest BCUT2D eigenvalue weighted by molar-refractivity contribution is 6.31. The molecule has 0 aliphatic carbocycles. The number of rotatable bonds is 5. The summed E-state index contributed by atoms with van der Waals surface area (Å²) in [6.45, 7) is 3.99. The molecule has 1 atom stereocenters. The molecule has 0 spiro atoms. The van der Waals surface area contributed by atoms with Gasteiger partial charge in [0, 0.05) is 17.1 Å². The summed E-state index contributed by atoms with van der Waals surface area (Å²) in [5.74, 6) is 0.706. The lowest BCUT2D eigenvalue weighted by Crippen LogP contribution is -2.18. The Morgan fingerprint density at radius 1 is 1.53 bits per heavy atom. The van der Waals surface area contributed by atoms with Gasteiger partial charge in [-0.25, -0.2) is 0 Å². The van der Waals surface area contributed by atoms with E-state index in [-0.39, 0.29) is 6.04 Å². The molecule has 0 saturated carbocycles. The molecule has 92 valence electrons. The summed E-state index contributed by atoms with van der Waals surface area (Å²) in [6.07, 6.45) is 1.36. The Bertz CT molecular complexity index is 426. The second-order valence-corrected chi connectivity index (χ2v) is 4.32. The fraction of sp³-hybridized carbons (Fsp3) is 0.462. The van der Waals surface area contributed by atoms with E-state index < -0.39 is 0 Å². The first-order valence-electron chi connectivity index (χ1n) is 5.60. The summed E-state index contributed by atoms with van der Waals surface area (Å²) >= 11 is 6.04. The molecule has 4 heteroatoms. The van der Waals surface area contributed by atoms with E-state index in [1.54, 1.807) is 13.2 Å². The van der Waals surface area contributed by atoms with E-state index in [2.05, 4.69) is 11.4 Å². The average Bonchev–Trinajstić information content (AvgIpc) is 2.32. The maximum atomic E-state index is 8.73. The molecular weight excluding hydrogens is 236 g/mol. The Morgan fingerprint density at radius 3 is 2.76 bits per heavy atom. The first kappa shape index (κ1) is 13.7. The molecule has 1 unspecified atom stereocenters. The second kappa shape index (κ2) is 6.36. The zero-order chi connectivity index (χ0) is 12.8. The van der Waals surface area contributed by atoms with Gasteiger partial charge in [-0.3, -0.25) is 0 Å². The lowest BCUT2D eigenvalue weighted by Gasteiger charge is -2.18. The van der Waals surface area contributed by atoms with Gasteiger partial charge in [-0.05, 0) is 25.0 Å². The molecular formula is C13H17ClN2O. The van der Waals surface area contributed by atoms with Crippen molar-refractivity contribution in [3.8, 4) is 11.8 Å². The number of methoxy groups -OCH3 is 1. The van der Waals surface area contributed by atoms with Crippen molar-refractivity contribution in [1.29, 1.82) is 5.26 Å². The van der Waals surface area contributed by atoms with Crippen LogP contribution in [-0.2, 0) is 0 Å². The van der Waals surface area contributed by atoms with E-state index >= 15 is 0 Å². The molecule has 1 N–H and O–H groups in total. The minimum atomic E-state index is 0.134. The van der Waals surface area contributed by atoms with Crippen molar-refractivity contribution < 1.29 is 4.74 Å². The minimum Gasteiger partial charge on any atom is -0.495 e. The molecule has 0 aliphatic rings. The first-order chi connectivity index (χ1) is 8.12. The quantitative estimate of drug-likeness (QED) is 0.868. The molecule has 1 rings (SSSR count). The smallest absolute Gasteiger partial charge is 0.143 e. The van der Waals surface area contributed by atoms with Gasteiger partial charge in [0.25, 0.3) is 0 Å². The molecule has 0 fully saturated rings. The van der Waals surface area contributed by atoms with Crippen LogP contribution in [0.4, 0.5) is 5.69 Å². The van der Waals surface area contributed by atoms with Gasteiger partial charge in [-0.2, -0.15) is 5.26 Å². The van der Waals surface area contributed by atoms with Crippen molar-refractivity contribution in [3.05, 3.63) is 22.7 Å². The van der Waals surface area contributed by atoms with E-state index in [4.69, 9.17) is 21.6 Å². The predicted molar refractivity (Wildman–Crippen MR) is 70.7 cm³/mol. The highest BCUT2D eigenvalue weighted by Crippen LogP contribution is 2.31. The Hall–Kier alpha value is -1.40. The van der Waals surface area contributed by atoms with Crippen molar-refractivity contribution in [1.82, 2.24) is 0 Å². The van der Waals surface area contributed by atoms with Crippen LogP contribution >= 0.6 is 11.6 Å². The van der Waals surface area contributed by atoms with Crippen LogP contribution < -0.4 is 10.1 Å². The third-order valence-electron chi connectivity index (χ3n) is 2.67. The Labute approximate surface area is 107 Å². The van der Waals surface area contributed by atoms with Crippen LogP contribution in [0.5, 0.6) is 5.75 Å². The zero-order valence-corrected chi connectivity index (χ0v) is 11.1. The number of aryl methyl sites for hydroxylation is 1. The number of nitrogens with one attached hydrogen (secondary N) is 1. The number of halogens is 1. The number of anilines is 1. The molecule has 0 bridgehead atoms. The van der Waals surface area contributed by atoms with Gasteiger partial charge < -0.3 is 10.1 Å². The van der Waals surface area contributed by atoms with Gasteiger partial charge in [-0.1, -0.05) is 18.5 Å². The molecule has 0 radical (unpaired) electrons. The van der Waals surface area contributed by atoms with Crippen LogP contribution in [-0.4, -0.2) is 13.2 Å².